The highest BCUT2D eigenvalue weighted by atomic mass is 28.3. The van der Waals surface area contributed by atoms with Crippen LogP contribution in [0, 0.1) is 11.3 Å². The molecule has 26 heavy (non-hydrogen) atoms. The number of benzene rings is 2. The highest BCUT2D eigenvalue weighted by molar-refractivity contribution is 7.05. The third-order valence-electron chi connectivity index (χ3n) is 5.66. The highest BCUT2D eigenvalue weighted by Crippen LogP contribution is 2.50. The van der Waals surface area contributed by atoms with Gasteiger partial charge in [0.25, 0.3) is 0 Å². The molecule has 1 saturated heterocycles. The SMILES string of the molecule is CC(C)COC1C[Si](c2ccccc2)(c2ccccc2)C1CC(C)(C)C. The molecule has 0 spiro atoms. The van der Waals surface area contributed by atoms with E-state index in [9.17, 15) is 0 Å². The van der Waals surface area contributed by atoms with Gasteiger partial charge in [-0.05, 0) is 29.3 Å². The highest BCUT2D eigenvalue weighted by Gasteiger charge is 2.58. The van der Waals surface area contributed by atoms with E-state index in [2.05, 4.69) is 95.3 Å². The maximum atomic E-state index is 6.43. The molecule has 140 valence electrons. The lowest BCUT2D eigenvalue weighted by molar-refractivity contribution is 0.0195. The zero-order valence-electron chi connectivity index (χ0n) is 17.0. The third-order valence-corrected chi connectivity index (χ3v) is 11.3. The quantitative estimate of drug-likeness (QED) is 0.646. The van der Waals surface area contributed by atoms with E-state index in [1.165, 1.54) is 12.5 Å². The van der Waals surface area contributed by atoms with Crippen molar-refractivity contribution in [3.63, 3.8) is 0 Å². The predicted octanol–water partition coefficient (Wildman–Crippen LogP) is 5.11. The van der Waals surface area contributed by atoms with E-state index in [4.69, 9.17) is 4.74 Å². The van der Waals surface area contributed by atoms with Crippen LogP contribution < -0.4 is 10.4 Å². The minimum Gasteiger partial charge on any atom is -0.378 e. The van der Waals surface area contributed by atoms with Crippen molar-refractivity contribution in [3.8, 4) is 0 Å². The van der Waals surface area contributed by atoms with Crippen molar-refractivity contribution in [1.29, 1.82) is 0 Å². The van der Waals surface area contributed by atoms with Gasteiger partial charge in [-0.15, -0.1) is 0 Å². The Bertz CT molecular complexity index is 648. The van der Waals surface area contributed by atoms with Crippen LogP contribution in [-0.2, 0) is 4.74 Å². The average molecular weight is 367 g/mol. The number of ether oxygens (including phenoxy) is 1. The molecule has 0 aliphatic carbocycles. The molecule has 0 bridgehead atoms. The molecule has 2 unspecified atom stereocenters. The molecule has 2 atom stereocenters. The summed E-state index contributed by atoms with van der Waals surface area (Å²) in [5.74, 6) is 0.593. The molecule has 2 heteroatoms. The lowest BCUT2D eigenvalue weighted by Crippen LogP contribution is -2.73. The minimum atomic E-state index is -1.79. The molecule has 1 aliphatic heterocycles. The van der Waals surface area contributed by atoms with Crippen LogP contribution >= 0.6 is 0 Å². The summed E-state index contributed by atoms with van der Waals surface area (Å²) in [5.41, 5.74) is 0.956. The number of hydrogen-bond donors (Lipinski definition) is 0. The second-order valence-corrected chi connectivity index (χ2v) is 13.8. The molecular formula is C24H34OSi. The van der Waals surface area contributed by atoms with Crippen molar-refractivity contribution >= 4 is 18.4 Å². The topological polar surface area (TPSA) is 9.23 Å². The van der Waals surface area contributed by atoms with Crippen LogP contribution in [0.3, 0.4) is 0 Å². The fourth-order valence-corrected chi connectivity index (χ4v) is 10.5. The van der Waals surface area contributed by atoms with E-state index in [-0.39, 0.29) is 0 Å². The van der Waals surface area contributed by atoms with Gasteiger partial charge >= 0.3 is 0 Å². The molecule has 2 aromatic rings. The number of rotatable bonds is 6. The largest absolute Gasteiger partial charge is 0.378 e. The van der Waals surface area contributed by atoms with Gasteiger partial charge < -0.3 is 4.74 Å². The van der Waals surface area contributed by atoms with E-state index < -0.39 is 8.07 Å². The molecule has 0 radical (unpaired) electrons. The summed E-state index contributed by atoms with van der Waals surface area (Å²) in [6, 6.07) is 23.8. The van der Waals surface area contributed by atoms with Crippen LogP contribution in [0.4, 0.5) is 0 Å². The van der Waals surface area contributed by atoms with Gasteiger partial charge in [0, 0.05) is 6.61 Å². The molecule has 1 heterocycles. The Morgan fingerprint density at radius 2 is 1.42 bits per heavy atom. The monoisotopic (exact) mass is 366 g/mol. The van der Waals surface area contributed by atoms with E-state index in [1.807, 2.05) is 0 Å². The van der Waals surface area contributed by atoms with Crippen molar-refractivity contribution in [2.24, 2.45) is 11.3 Å². The standard InChI is InChI=1S/C24H34OSi/c1-19(2)17-25-22-18-26(20-12-8-6-9-13-20,21-14-10-7-11-15-21)23(22)16-24(3,4)5/h6-15,19,22-23H,16-18H2,1-5H3. The smallest absolute Gasteiger partial charge is 0.126 e. The van der Waals surface area contributed by atoms with Gasteiger partial charge in [-0.25, -0.2) is 0 Å². The Labute approximate surface area is 160 Å². The van der Waals surface area contributed by atoms with Crippen LogP contribution in [0.1, 0.15) is 41.0 Å². The summed E-state index contributed by atoms with van der Waals surface area (Å²) in [7, 11) is -1.79. The van der Waals surface area contributed by atoms with Crippen molar-refractivity contribution in [2.45, 2.75) is 58.7 Å². The molecule has 2 aromatic carbocycles. The Morgan fingerprint density at radius 3 is 1.85 bits per heavy atom. The van der Waals surface area contributed by atoms with Gasteiger partial charge in [-0.3, -0.25) is 0 Å². The van der Waals surface area contributed by atoms with Crippen LogP contribution in [0.2, 0.25) is 11.6 Å². The normalized spacial score (nSPS) is 22.2. The first-order chi connectivity index (χ1) is 12.3. The fourth-order valence-electron chi connectivity index (χ4n) is 4.53. The van der Waals surface area contributed by atoms with Crippen molar-refractivity contribution < 1.29 is 4.74 Å². The van der Waals surface area contributed by atoms with Crippen LogP contribution in [0.25, 0.3) is 0 Å². The lowest BCUT2D eigenvalue weighted by atomic mass is 9.88. The molecule has 1 nitrogen and oxygen atoms in total. The van der Waals surface area contributed by atoms with Gasteiger partial charge in [-0.2, -0.15) is 0 Å². The molecule has 0 amide bonds. The zero-order valence-corrected chi connectivity index (χ0v) is 18.0. The van der Waals surface area contributed by atoms with E-state index >= 15 is 0 Å². The Morgan fingerprint density at radius 1 is 0.923 bits per heavy atom. The Balaban J connectivity index is 2.02. The maximum Gasteiger partial charge on any atom is 0.126 e. The van der Waals surface area contributed by atoms with Crippen LogP contribution in [0.5, 0.6) is 0 Å². The molecule has 1 fully saturated rings. The van der Waals surface area contributed by atoms with Gasteiger partial charge in [0.05, 0.1) is 6.10 Å². The summed E-state index contributed by atoms with van der Waals surface area (Å²) in [5, 5.41) is 3.15. The first kappa shape index (κ1) is 19.4. The van der Waals surface area contributed by atoms with E-state index in [0.717, 1.165) is 6.61 Å². The van der Waals surface area contributed by atoms with Crippen molar-refractivity contribution in [1.82, 2.24) is 0 Å². The maximum absolute atomic E-state index is 6.43. The van der Waals surface area contributed by atoms with Crippen LogP contribution in [-0.4, -0.2) is 20.8 Å². The van der Waals surface area contributed by atoms with Gasteiger partial charge in [-0.1, -0.05) is 106 Å². The first-order valence-electron chi connectivity index (χ1n) is 10.1. The second kappa shape index (κ2) is 7.70. The van der Waals surface area contributed by atoms with Gasteiger partial charge in [0.1, 0.15) is 8.07 Å². The average Bonchev–Trinajstić information content (AvgIpc) is 2.60. The van der Waals surface area contributed by atoms with Gasteiger partial charge in [0.2, 0.25) is 0 Å². The molecule has 3 rings (SSSR count). The summed E-state index contributed by atoms with van der Waals surface area (Å²) in [4.78, 5) is 0. The molecule has 0 saturated carbocycles. The van der Waals surface area contributed by atoms with E-state index in [0.29, 0.717) is 23.0 Å². The minimum absolute atomic E-state index is 0.312. The fraction of sp³-hybridized carbons (Fsp3) is 0.500. The van der Waals surface area contributed by atoms with E-state index in [1.54, 1.807) is 10.4 Å². The molecule has 0 aromatic heterocycles. The Hall–Kier alpha value is -1.38. The summed E-state index contributed by atoms with van der Waals surface area (Å²) < 4.78 is 6.43. The molecule has 1 aliphatic rings. The summed E-state index contributed by atoms with van der Waals surface area (Å²) in [6.45, 7) is 12.5. The summed E-state index contributed by atoms with van der Waals surface area (Å²) in [6.07, 6.45) is 1.63. The number of hydrogen-bond acceptors (Lipinski definition) is 1. The second-order valence-electron chi connectivity index (χ2n) is 9.54. The van der Waals surface area contributed by atoms with Gasteiger partial charge in [0.15, 0.2) is 0 Å². The van der Waals surface area contributed by atoms with Crippen molar-refractivity contribution in [3.05, 3.63) is 60.7 Å². The van der Waals surface area contributed by atoms with Crippen LogP contribution in [0.15, 0.2) is 60.7 Å². The summed E-state index contributed by atoms with van der Waals surface area (Å²) >= 11 is 0. The van der Waals surface area contributed by atoms with Crippen molar-refractivity contribution in [2.75, 3.05) is 6.61 Å². The zero-order chi connectivity index (χ0) is 18.8. The molecule has 0 N–H and O–H groups in total. The predicted molar refractivity (Wildman–Crippen MR) is 115 cm³/mol. The molecular weight excluding hydrogens is 332 g/mol. The first-order valence-corrected chi connectivity index (χ1v) is 12.3. The Kier molecular flexibility index (Phi) is 5.74. The lowest BCUT2D eigenvalue weighted by Gasteiger charge is -2.56. The third kappa shape index (κ3) is 3.97.